The van der Waals surface area contributed by atoms with Crippen LogP contribution in [0.1, 0.15) is 66.2 Å². The Morgan fingerprint density at radius 3 is 2.53 bits per heavy atom. The summed E-state index contributed by atoms with van der Waals surface area (Å²) in [5.41, 5.74) is 0. The molecule has 0 bridgehead atoms. The van der Waals surface area contributed by atoms with Gasteiger partial charge >= 0.3 is 0 Å². The molecular formula is C15H32N2. The van der Waals surface area contributed by atoms with Crippen molar-refractivity contribution in [2.24, 2.45) is 0 Å². The van der Waals surface area contributed by atoms with Crippen LogP contribution in [0.5, 0.6) is 0 Å². The quantitative estimate of drug-likeness (QED) is 0.733. The van der Waals surface area contributed by atoms with Crippen molar-refractivity contribution in [3.63, 3.8) is 0 Å². The minimum atomic E-state index is 0.666. The molecule has 1 fully saturated rings. The molecule has 102 valence electrons. The van der Waals surface area contributed by atoms with Crippen LogP contribution in [0.4, 0.5) is 0 Å². The third-order valence-electron chi connectivity index (χ3n) is 4.11. The molecular weight excluding hydrogens is 208 g/mol. The summed E-state index contributed by atoms with van der Waals surface area (Å²) < 4.78 is 0. The van der Waals surface area contributed by atoms with Crippen LogP contribution in [0, 0.1) is 0 Å². The van der Waals surface area contributed by atoms with Crippen molar-refractivity contribution < 1.29 is 0 Å². The Kier molecular flexibility index (Phi) is 7.14. The second kappa shape index (κ2) is 8.10. The molecule has 1 saturated heterocycles. The van der Waals surface area contributed by atoms with Crippen LogP contribution in [0.15, 0.2) is 0 Å². The second-order valence-corrected chi connectivity index (χ2v) is 5.65. The maximum atomic E-state index is 3.62. The lowest BCUT2D eigenvalue weighted by Crippen LogP contribution is -2.58. The predicted molar refractivity (Wildman–Crippen MR) is 76.5 cm³/mol. The molecule has 0 saturated carbocycles. The van der Waals surface area contributed by atoms with Crippen LogP contribution in [0.3, 0.4) is 0 Å². The summed E-state index contributed by atoms with van der Waals surface area (Å²) in [6.07, 6.45) is 8.10. The summed E-state index contributed by atoms with van der Waals surface area (Å²) in [7, 11) is 0. The number of hydrogen-bond acceptors (Lipinski definition) is 2. The van der Waals surface area contributed by atoms with Gasteiger partial charge in [-0.2, -0.15) is 0 Å². The Hall–Kier alpha value is -0.0800. The van der Waals surface area contributed by atoms with E-state index in [0.717, 1.165) is 12.1 Å². The van der Waals surface area contributed by atoms with Crippen molar-refractivity contribution >= 4 is 0 Å². The third-order valence-corrected chi connectivity index (χ3v) is 4.11. The SMILES string of the molecule is CCCCC(CCC)N1CC(C)NCC1CC. The zero-order valence-electron chi connectivity index (χ0n) is 12.3. The predicted octanol–water partition coefficient (Wildman–Crippen LogP) is 3.42. The number of nitrogens with one attached hydrogen (secondary N) is 1. The minimum absolute atomic E-state index is 0.666. The monoisotopic (exact) mass is 240 g/mol. The van der Waals surface area contributed by atoms with Crippen molar-refractivity contribution in [1.29, 1.82) is 0 Å². The molecule has 1 N–H and O–H groups in total. The molecule has 0 radical (unpaired) electrons. The normalized spacial score (nSPS) is 28.2. The molecule has 0 amide bonds. The molecule has 0 spiro atoms. The third kappa shape index (κ3) is 4.59. The van der Waals surface area contributed by atoms with Gasteiger partial charge in [0.05, 0.1) is 0 Å². The lowest BCUT2D eigenvalue weighted by atomic mass is 9.97. The largest absolute Gasteiger partial charge is 0.311 e. The molecule has 1 rings (SSSR count). The molecule has 2 nitrogen and oxygen atoms in total. The Labute approximate surface area is 108 Å². The fourth-order valence-electron chi connectivity index (χ4n) is 3.06. The molecule has 0 aromatic carbocycles. The van der Waals surface area contributed by atoms with Gasteiger partial charge in [-0.1, -0.05) is 40.0 Å². The van der Waals surface area contributed by atoms with E-state index >= 15 is 0 Å². The zero-order valence-corrected chi connectivity index (χ0v) is 12.3. The molecule has 3 unspecified atom stereocenters. The minimum Gasteiger partial charge on any atom is -0.311 e. The molecule has 0 aromatic rings. The Morgan fingerprint density at radius 1 is 1.18 bits per heavy atom. The van der Waals surface area contributed by atoms with Crippen LogP contribution >= 0.6 is 0 Å². The molecule has 0 aliphatic carbocycles. The number of nitrogens with zero attached hydrogens (tertiary/aromatic N) is 1. The van der Waals surface area contributed by atoms with Gasteiger partial charge in [-0.25, -0.2) is 0 Å². The second-order valence-electron chi connectivity index (χ2n) is 5.65. The highest BCUT2D eigenvalue weighted by molar-refractivity contribution is 4.87. The van der Waals surface area contributed by atoms with Gasteiger partial charge in [0.15, 0.2) is 0 Å². The number of unbranched alkanes of at least 4 members (excludes halogenated alkanes) is 1. The van der Waals surface area contributed by atoms with Crippen LogP contribution in [-0.2, 0) is 0 Å². The van der Waals surface area contributed by atoms with Crippen molar-refractivity contribution in [2.75, 3.05) is 13.1 Å². The van der Waals surface area contributed by atoms with E-state index in [9.17, 15) is 0 Å². The summed E-state index contributed by atoms with van der Waals surface area (Å²) in [5, 5.41) is 3.62. The number of hydrogen-bond donors (Lipinski definition) is 1. The summed E-state index contributed by atoms with van der Waals surface area (Å²) in [5.74, 6) is 0. The van der Waals surface area contributed by atoms with Gasteiger partial charge in [0.1, 0.15) is 0 Å². The first-order chi connectivity index (χ1) is 8.22. The average molecular weight is 240 g/mol. The van der Waals surface area contributed by atoms with E-state index in [-0.39, 0.29) is 0 Å². The van der Waals surface area contributed by atoms with E-state index in [0.29, 0.717) is 6.04 Å². The van der Waals surface area contributed by atoms with Crippen LogP contribution in [0.25, 0.3) is 0 Å². The van der Waals surface area contributed by atoms with Gasteiger partial charge in [-0.05, 0) is 26.2 Å². The Morgan fingerprint density at radius 2 is 1.94 bits per heavy atom. The summed E-state index contributed by atoms with van der Waals surface area (Å²) in [6, 6.07) is 2.26. The first-order valence-electron chi connectivity index (χ1n) is 7.71. The maximum absolute atomic E-state index is 3.62. The van der Waals surface area contributed by atoms with E-state index in [1.165, 1.54) is 51.6 Å². The highest BCUT2D eigenvalue weighted by atomic mass is 15.2. The number of piperazine rings is 1. The van der Waals surface area contributed by atoms with E-state index in [2.05, 4.69) is 37.9 Å². The molecule has 17 heavy (non-hydrogen) atoms. The maximum Gasteiger partial charge on any atom is 0.0221 e. The fraction of sp³-hybridized carbons (Fsp3) is 1.00. The van der Waals surface area contributed by atoms with Crippen molar-refractivity contribution in [3.05, 3.63) is 0 Å². The van der Waals surface area contributed by atoms with Gasteiger partial charge in [-0.15, -0.1) is 0 Å². The summed E-state index contributed by atoms with van der Waals surface area (Å²) in [6.45, 7) is 11.7. The topological polar surface area (TPSA) is 15.3 Å². The molecule has 1 heterocycles. The van der Waals surface area contributed by atoms with Crippen molar-refractivity contribution in [3.8, 4) is 0 Å². The lowest BCUT2D eigenvalue weighted by molar-refractivity contribution is 0.0718. The van der Waals surface area contributed by atoms with E-state index in [4.69, 9.17) is 0 Å². The smallest absolute Gasteiger partial charge is 0.0221 e. The van der Waals surface area contributed by atoms with Gasteiger partial charge in [0.25, 0.3) is 0 Å². The van der Waals surface area contributed by atoms with Gasteiger partial charge in [0, 0.05) is 31.2 Å². The zero-order chi connectivity index (χ0) is 12.7. The van der Waals surface area contributed by atoms with Crippen LogP contribution in [0.2, 0.25) is 0 Å². The first kappa shape index (κ1) is 15.0. The highest BCUT2D eigenvalue weighted by Crippen LogP contribution is 2.21. The van der Waals surface area contributed by atoms with Crippen molar-refractivity contribution in [2.45, 2.75) is 84.3 Å². The van der Waals surface area contributed by atoms with E-state index in [1.54, 1.807) is 0 Å². The molecule has 2 heteroatoms. The molecule has 1 aliphatic heterocycles. The number of rotatable bonds is 7. The highest BCUT2D eigenvalue weighted by Gasteiger charge is 2.29. The van der Waals surface area contributed by atoms with Gasteiger partial charge in [-0.3, -0.25) is 4.90 Å². The first-order valence-corrected chi connectivity index (χ1v) is 7.71. The average Bonchev–Trinajstić information content (AvgIpc) is 2.34. The lowest BCUT2D eigenvalue weighted by Gasteiger charge is -2.44. The summed E-state index contributed by atoms with van der Waals surface area (Å²) >= 11 is 0. The van der Waals surface area contributed by atoms with E-state index in [1.807, 2.05) is 0 Å². The van der Waals surface area contributed by atoms with Gasteiger partial charge in [0.2, 0.25) is 0 Å². The van der Waals surface area contributed by atoms with Crippen LogP contribution < -0.4 is 5.32 Å². The fourth-order valence-corrected chi connectivity index (χ4v) is 3.06. The van der Waals surface area contributed by atoms with Crippen LogP contribution in [-0.4, -0.2) is 36.1 Å². The standard InChI is InChI=1S/C15H32N2/c1-5-8-10-15(9-6-2)17-12-13(4)16-11-14(17)7-3/h13-16H,5-12H2,1-4H3. The van der Waals surface area contributed by atoms with Crippen molar-refractivity contribution in [1.82, 2.24) is 10.2 Å². The molecule has 0 aromatic heterocycles. The van der Waals surface area contributed by atoms with Gasteiger partial charge < -0.3 is 5.32 Å². The molecule has 1 aliphatic rings. The van der Waals surface area contributed by atoms with E-state index < -0.39 is 0 Å². The molecule has 3 atom stereocenters. The Bertz CT molecular complexity index is 193. The Balaban J connectivity index is 2.59. The summed E-state index contributed by atoms with van der Waals surface area (Å²) in [4.78, 5) is 2.81.